The summed E-state index contributed by atoms with van der Waals surface area (Å²) >= 11 is 1.53. The summed E-state index contributed by atoms with van der Waals surface area (Å²) in [5, 5.41) is 13.2. The van der Waals surface area contributed by atoms with Crippen LogP contribution in [0.2, 0.25) is 0 Å². The number of hydrogen-bond donors (Lipinski definition) is 1. The van der Waals surface area contributed by atoms with Crippen LogP contribution in [0.5, 0.6) is 5.75 Å². The van der Waals surface area contributed by atoms with Crippen molar-refractivity contribution < 1.29 is 13.9 Å². The van der Waals surface area contributed by atoms with Crippen molar-refractivity contribution >= 4 is 22.2 Å². The van der Waals surface area contributed by atoms with Crippen LogP contribution >= 0.6 is 11.3 Å². The van der Waals surface area contributed by atoms with Crippen molar-refractivity contribution in [3.05, 3.63) is 45.6 Å². The topological polar surface area (TPSA) is 65.4 Å². The number of methoxy groups -OCH3 is 1. The van der Waals surface area contributed by atoms with Crippen molar-refractivity contribution in [1.82, 2.24) is 4.90 Å². The lowest BCUT2D eigenvalue weighted by molar-refractivity contribution is -0.117. The molecule has 2 aromatic rings. The van der Waals surface area contributed by atoms with E-state index in [4.69, 9.17) is 4.74 Å². The molecule has 5 nitrogen and oxygen atoms in total. The van der Waals surface area contributed by atoms with E-state index in [1.165, 1.54) is 29.4 Å². The number of nitrogens with zero attached hydrogens (tertiary/aromatic N) is 2. The molecule has 1 aliphatic rings. The lowest BCUT2D eigenvalue weighted by Gasteiger charge is -2.20. The number of nitrogens with one attached hydrogen (secondary N) is 1. The summed E-state index contributed by atoms with van der Waals surface area (Å²) in [6.45, 7) is 5.44. The Kier molecular flexibility index (Phi) is 6.88. The van der Waals surface area contributed by atoms with Gasteiger partial charge in [0.15, 0.2) is 11.6 Å². The van der Waals surface area contributed by atoms with E-state index >= 15 is 0 Å². The van der Waals surface area contributed by atoms with Gasteiger partial charge in [-0.3, -0.25) is 9.69 Å². The second-order valence-electron chi connectivity index (χ2n) is 7.49. The first-order chi connectivity index (χ1) is 13.9. The van der Waals surface area contributed by atoms with Crippen LogP contribution in [0.1, 0.15) is 41.8 Å². The molecule has 1 aromatic heterocycles. The molecule has 1 aliphatic carbocycles. The summed E-state index contributed by atoms with van der Waals surface area (Å²) in [4.78, 5) is 15.8. The first-order valence-corrected chi connectivity index (χ1v) is 10.7. The molecule has 1 unspecified atom stereocenters. The van der Waals surface area contributed by atoms with E-state index < -0.39 is 5.82 Å². The molecule has 1 N–H and O–H groups in total. The van der Waals surface area contributed by atoms with Crippen LogP contribution in [0.4, 0.5) is 9.39 Å². The number of anilines is 1. The van der Waals surface area contributed by atoms with Gasteiger partial charge >= 0.3 is 0 Å². The summed E-state index contributed by atoms with van der Waals surface area (Å²) in [5.74, 6) is 0.234. The number of amides is 1. The zero-order valence-electron chi connectivity index (χ0n) is 17.0. The van der Waals surface area contributed by atoms with Crippen molar-refractivity contribution in [2.24, 2.45) is 5.92 Å². The monoisotopic (exact) mass is 415 g/mol. The lowest BCUT2D eigenvalue weighted by Crippen LogP contribution is -2.32. The third-order valence-corrected chi connectivity index (χ3v) is 6.48. The van der Waals surface area contributed by atoms with Crippen molar-refractivity contribution in [3.63, 3.8) is 0 Å². The van der Waals surface area contributed by atoms with Gasteiger partial charge in [0.05, 0.1) is 19.2 Å². The van der Waals surface area contributed by atoms with Crippen LogP contribution in [0.3, 0.4) is 0 Å². The number of hydrogen-bond acceptors (Lipinski definition) is 5. The van der Waals surface area contributed by atoms with Crippen LogP contribution in [0, 0.1) is 23.1 Å². The summed E-state index contributed by atoms with van der Waals surface area (Å²) in [6.07, 6.45) is 2.94. The maximum absolute atomic E-state index is 13.9. The molecule has 1 heterocycles. The largest absolute Gasteiger partial charge is 0.494 e. The van der Waals surface area contributed by atoms with Gasteiger partial charge in [-0.05, 0) is 55.0 Å². The minimum absolute atomic E-state index is 0.163. The smallest absolute Gasteiger partial charge is 0.239 e. The summed E-state index contributed by atoms with van der Waals surface area (Å²) in [6, 6.07) is 7.10. The van der Waals surface area contributed by atoms with Gasteiger partial charge in [0.25, 0.3) is 0 Å². The SMILES string of the molecule is CCN(CC(=O)Nc1sc2c(c1C#N)CCC(C)C2)Cc1ccc(OC)c(F)c1. The van der Waals surface area contributed by atoms with Gasteiger partial charge in [0, 0.05) is 11.4 Å². The minimum atomic E-state index is -0.414. The number of likely N-dealkylation sites (N-methyl/N-ethyl adjacent to an activating group) is 1. The number of fused-ring (bicyclic) bond motifs is 1. The molecule has 0 saturated carbocycles. The number of rotatable bonds is 7. The van der Waals surface area contributed by atoms with Crippen molar-refractivity contribution in [2.45, 2.75) is 39.7 Å². The number of ether oxygens (including phenoxy) is 1. The van der Waals surface area contributed by atoms with E-state index in [1.54, 1.807) is 12.1 Å². The standard InChI is InChI=1S/C22H26FN3O2S/c1-4-26(12-15-6-8-19(28-3)18(23)10-15)13-21(27)25-22-17(11-24)16-7-5-14(2)9-20(16)29-22/h6,8,10,14H,4-5,7,9,12-13H2,1-3H3,(H,25,27). The van der Waals surface area contributed by atoms with E-state index in [0.717, 1.165) is 30.4 Å². The van der Waals surface area contributed by atoms with Gasteiger partial charge in [-0.2, -0.15) is 5.26 Å². The Hall–Kier alpha value is -2.43. The van der Waals surface area contributed by atoms with Gasteiger partial charge < -0.3 is 10.1 Å². The Morgan fingerprint density at radius 2 is 2.28 bits per heavy atom. The fourth-order valence-electron chi connectivity index (χ4n) is 3.67. The van der Waals surface area contributed by atoms with Gasteiger partial charge in [-0.25, -0.2) is 4.39 Å². The summed E-state index contributed by atoms with van der Waals surface area (Å²) < 4.78 is 18.9. The fourth-order valence-corrected chi connectivity index (χ4v) is 5.05. The summed E-state index contributed by atoms with van der Waals surface area (Å²) in [5.41, 5.74) is 2.49. The quantitative estimate of drug-likeness (QED) is 0.730. The third-order valence-electron chi connectivity index (χ3n) is 5.31. The number of benzene rings is 1. The number of halogens is 1. The second kappa shape index (κ2) is 9.38. The highest BCUT2D eigenvalue weighted by molar-refractivity contribution is 7.16. The average molecular weight is 416 g/mol. The highest BCUT2D eigenvalue weighted by Gasteiger charge is 2.25. The molecule has 154 valence electrons. The predicted octanol–water partition coefficient (Wildman–Crippen LogP) is 4.35. The zero-order valence-corrected chi connectivity index (χ0v) is 17.9. The van der Waals surface area contributed by atoms with Gasteiger partial charge in [-0.1, -0.05) is 19.9 Å². The van der Waals surface area contributed by atoms with Crippen LogP contribution in [0.15, 0.2) is 18.2 Å². The average Bonchev–Trinajstić information content (AvgIpc) is 3.03. The molecule has 7 heteroatoms. The Bertz CT molecular complexity index is 935. The first kappa shape index (κ1) is 21.3. The zero-order chi connectivity index (χ0) is 21.0. The van der Waals surface area contributed by atoms with E-state index in [-0.39, 0.29) is 18.2 Å². The van der Waals surface area contributed by atoms with Crippen molar-refractivity contribution in [2.75, 3.05) is 25.5 Å². The summed E-state index contributed by atoms with van der Waals surface area (Å²) in [7, 11) is 1.43. The van der Waals surface area contributed by atoms with Crippen molar-refractivity contribution in [1.29, 1.82) is 5.26 Å². The molecule has 0 spiro atoms. The Balaban J connectivity index is 1.66. The Morgan fingerprint density at radius 1 is 1.48 bits per heavy atom. The second-order valence-corrected chi connectivity index (χ2v) is 8.59. The normalized spacial score (nSPS) is 15.7. The molecule has 29 heavy (non-hydrogen) atoms. The Labute approximate surface area is 175 Å². The number of thiophene rings is 1. The van der Waals surface area contributed by atoms with Gasteiger partial charge in [0.2, 0.25) is 5.91 Å². The molecule has 0 saturated heterocycles. The highest BCUT2D eigenvalue weighted by atomic mass is 32.1. The highest BCUT2D eigenvalue weighted by Crippen LogP contribution is 2.39. The molecule has 1 amide bonds. The third kappa shape index (κ3) is 4.95. The van der Waals surface area contributed by atoms with E-state index in [9.17, 15) is 14.4 Å². The number of nitriles is 1. The van der Waals surface area contributed by atoms with E-state index in [1.807, 2.05) is 11.8 Å². The van der Waals surface area contributed by atoms with Gasteiger partial charge in [0.1, 0.15) is 11.1 Å². The molecule has 0 bridgehead atoms. The van der Waals surface area contributed by atoms with Crippen LogP contribution < -0.4 is 10.1 Å². The first-order valence-electron chi connectivity index (χ1n) is 9.84. The maximum atomic E-state index is 13.9. The van der Waals surface area contributed by atoms with Crippen LogP contribution in [-0.2, 0) is 24.2 Å². The molecule has 3 rings (SSSR count). The van der Waals surface area contributed by atoms with Gasteiger partial charge in [-0.15, -0.1) is 11.3 Å². The maximum Gasteiger partial charge on any atom is 0.239 e. The molecule has 0 aliphatic heterocycles. The molecule has 1 atom stereocenters. The fraction of sp³-hybridized carbons (Fsp3) is 0.455. The van der Waals surface area contributed by atoms with E-state index in [0.29, 0.717) is 29.6 Å². The molecular weight excluding hydrogens is 389 g/mol. The molecule has 1 aromatic carbocycles. The number of carbonyl (C=O) groups is 1. The minimum Gasteiger partial charge on any atom is -0.494 e. The Morgan fingerprint density at radius 3 is 2.93 bits per heavy atom. The van der Waals surface area contributed by atoms with E-state index in [2.05, 4.69) is 18.3 Å². The number of carbonyl (C=O) groups excluding carboxylic acids is 1. The predicted molar refractivity (Wildman–Crippen MR) is 113 cm³/mol. The van der Waals surface area contributed by atoms with Crippen molar-refractivity contribution in [3.8, 4) is 11.8 Å². The van der Waals surface area contributed by atoms with Crippen LogP contribution in [0.25, 0.3) is 0 Å². The lowest BCUT2D eigenvalue weighted by atomic mass is 9.89. The molecule has 0 fully saturated rings. The van der Waals surface area contributed by atoms with Crippen LogP contribution in [-0.4, -0.2) is 31.0 Å². The molecule has 0 radical (unpaired) electrons. The molecular formula is C22H26FN3O2S.